The predicted molar refractivity (Wildman–Crippen MR) is 314 cm³/mol. The number of hydrogen-bond donors (Lipinski definition) is 24. The first-order valence-electron chi connectivity index (χ1n) is 32.5. The standard InChI is InChI=1S/C56H93NO40S2/c58-7-16-41-25(57-24(66)4-2-1-3-15-5-6-98-99-15)26(67)49(82-16)91-42-17(8-59)84-51(35(76)28(42)69)93-44-19(10-61)86-53(37(78)30(44)71)95-46-21(12-63)88-55(39(80)32(46)73)97-48-23(14-65)89-56(40(81)33(48)74)96-47-22(13-64)87-54(38(79)31(47)72)94-45-20(11-62)85-52(36(77)29(45)70)92-43-18(9-60)83-50(90-41)34(75)27(43)68/h15-23,25-56,58-65,67-81H,1-14H2,(H,57,66)/t15?,16-,17-,18-,19-,20-,21-,22-,23-,25-,26-,27-,28-,29-,30-,31-,32-,33-,34-,35-,36-,37-,38-,39-,40-,41-,42-,43-,44-,45-,46-,47-,48-,49-,50-,51-,52-,53-,54-,55-,56-/m1/s1. The average molecular weight is 1480 g/mol. The van der Waals surface area contributed by atoms with Crippen molar-refractivity contribution >= 4 is 27.5 Å². The summed E-state index contributed by atoms with van der Waals surface area (Å²) in [4.78, 5) is 13.9. The second kappa shape index (κ2) is 35.6. The van der Waals surface area contributed by atoms with Gasteiger partial charge in [-0.05, 0) is 19.3 Å². The minimum absolute atomic E-state index is 0.137. The van der Waals surface area contributed by atoms with Gasteiger partial charge in [-0.3, -0.25) is 4.79 Å². The second-order valence-electron chi connectivity index (χ2n) is 25.6. The Kier molecular flexibility index (Phi) is 28.8. The molecule has 41 nitrogen and oxygen atoms in total. The lowest BCUT2D eigenvalue weighted by Gasteiger charge is -2.51. The van der Waals surface area contributed by atoms with Gasteiger partial charge in [0.2, 0.25) is 5.91 Å². The van der Waals surface area contributed by atoms with Crippen LogP contribution in [-0.2, 0) is 80.6 Å². The number of nitrogens with one attached hydrogen (secondary N) is 1. The SMILES string of the molecule is O=C(CCCCC1CCSS1)N[C@@H]1[C@@H](O)[C@H]2O[C@H]3[C@H](O)[C@@H](O)[C@@H](O[C@H]4[C@H](O)[C@@H](O)[C@@H](O[C@H]5[C@H](O)[C@@H](O)[C@@H](O[C@H]6[C@H](O)[C@@H](O)[C@@H](O[C@H]7[C@H](O)[C@@H](O)[C@@H](O[C@H]8[C@H](O)[C@@H](O)[C@@H](O[C@H]9[C@H](O)[C@@H](O)[C@@H](O[C@@H]1[C@@H](CO)O2)O[C@@H]9CO)O[C@@H]8CO)O[C@@H]7CO)O[C@@H]6CO)O[C@@H]5CO)O[C@@H]4CO)O[C@@H]3CO. The van der Waals surface area contributed by atoms with E-state index >= 15 is 0 Å². The van der Waals surface area contributed by atoms with Crippen molar-refractivity contribution in [3.05, 3.63) is 0 Å². The topological polar surface area (TPSA) is 642 Å². The van der Waals surface area contributed by atoms with Crippen molar-refractivity contribution in [1.82, 2.24) is 5.32 Å². The highest BCUT2D eigenvalue weighted by atomic mass is 33.1. The molecule has 24 N–H and O–H groups in total. The van der Waals surface area contributed by atoms with Crippen LogP contribution in [0.1, 0.15) is 32.1 Å². The highest BCUT2D eigenvalue weighted by Crippen LogP contribution is 2.42. The quantitative estimate of drug-likeness (QED) is 0.0567. The largest absolute Gasteiger partial charge is 0.394 e. The van der Waals surface area contributed by atoms with Crippen molar-refractivity contribution in [3.63, 3.8) is 0 Å². The maximum absolute atomic E-state index is 13.9. The highest BCUT2D eigenvalue weighted by Gasteiger charge is 2.61. The molecular formula is C56H93NO40S2. The summed E-state index contributed by atoms with van der Waals surface area (Å²) in [5.74, 6) is 0.269. The van der Waals surface area contributed by atoms with Crippen molar-refractivity contribution < 1.29 is 198 Å². The lowest BCUT2D eigenvalue weighted by Crippen LogP contribution is -2.70. The molecule has 31 rings (SSSR count). The lowest BCUT2D eigenvalue weighted by atomic mass is 9.93. The van der Waals surface area contributed by atoms with E-state index in [1.807, 2.05) is 0 Å². The van der Waals surface area contributed by atoms with Gasteiger partial charge in [-0.1, -0.05) is 28.0 Å². The van der Waals surface area contributed by atoms with Crippen molar-refractivity contribution in [2.24, 2.45) is 0 Å². The Bertz CT molecular complexity index is 2460. The van der Waals surface area contributed by atoms with Crippen LogP contribution >= 0.6 is 21.6 Å². The molecule has 99 heavy (non-hydrogen) atoms. The molecule has 31 heterocycles. The van der Waals surface area contributed by atoms with E-state index in [2.05, 4.69) is 5.32 Å². The van der Waals surface area contributed by atoms with Gasteiger partial charge in [-0.2, -0.15) is 0 Å². The van der Waals surface area contributed by atoms with Gasteiger partial charge < -0.3 is 199 Å². The molecule has 0 aromatic carbocycles. The molecule has 0 spiro atoms. The molecule has 41 atom stereocenters. The van der Waals surface area contributed by atoms with Gasteiger partial charge in [-0.15, -0.1) is 0 Å². The molecule has 1 unspecified atom stereocenters. The third-order valence-corrected chi connectivity index (χ3v) is 22.2. The molecule has 31 aliphatic rings. The maximum atomic E-state index is 13.9. The Hall–Kier alpha value is -1.39. The molecule has 0 radical (unpaired) electrons. The third kappa shape index (κ3) is 17.1. The first-order valence-corrected chi connectivity index (χ1v) is 34.9. The fraction of sp³-hybridized carbons (Fsp3) is 0.982. The number of carbonyl (C=O) groups is 1. The normalized spacial score (nSPS) is 52.0. The van der Waals surface area contributed by atoms with Crippen LogP contribution in [0.15, 0.2) is 0 Å². The van der Waals surface area contributed by atoms with Crippen LogP contribution in [0.2, 0.25) is 0 Å². The number of unbranched alkanes of at least 4 members (excludes halogenated alkanes) is 1. The summed E-state index contributed by atoms with van der Waals surface area (Å²) in [6.07, 6.45) is -77.3. The van der Waals surface area contributed by atoms with Gasteiger partial charge >= 0.3 is 0 Å². The van der Waals surface area contributed by atoms with Gasteiger partial charge in [0.25, 0.3) is 0 Å². The third-order valence-electron chi connectivity index (χ3n) is 19.2. The van der Waals surface area contributed by atoms with Gasteiger partial charge in [0.05, 0.1) is 58.9 Å². The molecular weight excluding hydrogens is 1390 g/mol. The van der Waals surface area contributed by atoms with Gasteiger partial charge in [0, 0.05) is 17.4 Å². The fourth-order valence-electron chi connectivity index (χ4n) is 13.6. The Balaban J connectivity index is 0.926. The zero-order valence-corrected chi connectivity index (χ0v) is 54.2. The van der Waals surface area contributed by atoms with Crippen LogP contribution in [-0.4, -0.2) is 433 Å². The minimum atomic E-state index is -2.27. The average Bonchev–Trinajstić information content (AvgIpc) is 1.12. The summed E-state index contributed by atoms with van der Waals surface area (Å²) in [7, 11) is 3.47. The first-order chi connectivity index (χ1) is 47.3. The van der Waals surface area contributed by atoms with Crippen LogP contribution < -0.4 is 5.32 Å². The van der Waals surface area contributed by atoms with E-state index in [4.69, 9.17) is 75.8 Å². The molecule has 31 aliphatic heterocycles. The summed E-state index contributed by atoms with van der Waals surface area (Å²) in [5.41, 5.74) is 0. The lowest BCUT2D eigenvalue weighted by molar-refractivity contribution is -0.402. The summed E-state index contributed by atoms with van der Waals surface area (Å²) in [6, 6.07) is -1.76. The molecule has 1 amide bonds. The molecule has 43 heteroatoms. The van der Waals surface area contributed by atoms with E-state index in [1.54, 1.807) is 21.6 Å². The van der Waals surface area contributed by atoms with Crippen molar-refractivity contribution in [1.29, 1.82) is 0 Å². The molecule has 0 aromatic heterocycles. The van der Waals surface area contributed by atoms with Crippen LogP contribution in [0.3, 0.4) is 0 Å². The fourth-order valence-corrected chi connectivity index (χ4v) is 16.6. The number of aliphatic hydroxyl groups excluding tert-OH is 23. The Morgan fingerprint density at radius 1 is 0.293 bits per heavy atom. The number of amides is 1. The number of aliphatic hydroxyl groups is 23. The monoisotopic (exact) mass is 1480 g/mol. The van der Waals surface area contributed by atoms with E-state index < -0.39 is 304 Å². The Labute approximate surface area is 570 Å². The summed E-state index contributed by atoms with van der Waals surface area (Å²) >= 11 is 0. The molecule has 0 saturated carbocycles. The summed E-state index contributed by atoms with van der Waals surface area (Å²) < 4.78 is 93.1. The van der Waals surface area contributed by atoms with Crippen LogP contribution in [0.4, 0.5) is 0 Å². The van der Waals surface area contributed by atoms with E-state index in [1.165, 1.54) is 0 Å². The molecule has 31 saturated heterocycles. The van der Waals surface area contributed by atoms with E-state index in [-0.39, 0.29) is 6.42 Å². The first kappa shape index (κ1) is 80.2. The van der Waals surface area contributed by atoms with Crippen molar-refractivity contribution in [3.8, 4) is 0 Å². The predicted octanol–water partition coefficient (Wildman–Crippen LogP) is -14.6. The minimum Gasteiger partial charge on any atom is -0.394 e. The zero-order valence-electron chi connectivity index (χ0n) is 52.6. The number of carbonyl (C=O) groups excluding carboxylic acids is 1. The zero-order chi connectivity index (χ0) is 71.6. The Morgan fingerprint density at radius 3 is 0.737 bits per heavy atom. The van der Waals surface area contributed by atoms with Gasteiger partial charge in [0.1, 0.15) is 189 Å². The molecule has 16 bridgehead atoms. The molecule has 31 fully saturated rings. The van der Waals surface area contributed by atoms with Crippen LogP contribution in [0.5, 0.6) is 0 Å². The van der Waals surface area contributed by atoms with E-state index in [0.29, 0.717) is 18.1 Å². The van der Waals surface area contributed by atoms with Crippen LogP contribution in [0.25, 0.3) is 0 Å². The van der Waals surface area contributed by atoms with Crippen LogP contribution in [0, 0.1) is 0 Å². The number of rotatable bonds is 14. The summed E-state index contributed by atoms with van der Waals surface area (Å²) in [6.45, 7) is -8.65. The Morgan fingerprint density at radius 2 is 0.515 bits per heavy atom. The molecule has 574 valence electrons. The highest BCUT2D eigenvalue weighted by molar-refractivity contribution is 8.77. The van der Waals surface area contributed by atoms with Gasteiger partial charge in [-0.25, -0.2) is 0 Å². The van der Waals surface area contributed by atoms with Crippen molar-refractivity contribution in [2.45, 2.75) is 283 Å². The van der Waals surface area contributed by atoms with Crippen molar-refractivity contribution in [2.75, 3.05) is 58.6 Å². The number of hydrogen-bond acceptors (Lipinski definition) is 42. The van der Waals surface area contributed by atoms with Gasteiger partial charge in [0.15, 0.2) is 50.3 Å². The second-order valence-corrected chi connectivity index (χ2v) is 28.4. The van der Waals surface area contributed by atoms with E-state index in [0.717, 1.165) is 18.6 Å². The molecule has 0 aliphatic carbocycles. The molecule has 0 aromatic rings. The smallest absolute Gasteiger partial charge is 0.220 e. The van der Waals surface area contributed by atoms with E-state index in [9.17, 15) is 122 Å². The maximum Gasteiger partial charge on any atom is 0.220 e. The number of ether oxygens (including phenoxy) is 16. The summed E-state index contributed by atoms with van der Waals surface area (Å²) in [5, 5.41) is 261.